The van der Waals surface area contributed by atoms with Crippen molar-refractivity contribution < 1.29 is 19.1 Å². The Morgan fingerprint density at radius 1 is 1.29 bits per heavy atom. The van der Waals surface area contributed by atoms with Crippen molar-refractivity contribution in [1.82, 2.24) is 0 Å². The molecule has 0 saturated carbocycles. The molecule has 1 aliphatic heterocycles. The van der Waals surface area contributed by atoms with Gasteiger partial charge in [0.1, 0.15) is 17.6 Å². The molecule has 0 radical (unpaired) electrons. The molecule has 0 spiro atoms. The highest BCUT2D eigenvalue weighted by molar-refractivity contribution is 9.10. The topological polar surface area (TPSA) is 57.1 Å². The summed E-state index contributed by atoms with van der Waals surface area (Å²) in [5, 5.41) is 4.07. The van der Waals surface area contributed by atoms with E-state index in [2.05, 4.69) is 21.1 Å². The summed E-state index contributed by atoms with van der Waals surface area (Å²) in [5.74, 6) is 0.861. The Hall–Kier alpha value is -2.34. The van der Waals surface area contributed by atoms with Crippen LogP contribution in [0.3, 0.4) is 0 Å². The van der Waals surface area contributed by atoms with Gasteiger partial charge in [0.2, 0.25) is 0 Å². The maximum Gasteiger partial charge on any atom is 0.366 e. The minimum Gasteiger partial charge on any atom is -0.497 e. The minimum absolute atomic E-state index is 0.0643. The maximum atomic E-state index is 12.2. The zero-order chi connectivity index (χ0) is 17.1. The van der Waals surface area contributed by atoms with Gasteiger partial charge in [-0.2, -0.15) is 0 Å². The van der Waals surface area contributed by atoms with Crippen LogP contribution < -0.4 is 9.47 Å². The van der Waals surface area contributed by atoms with E-state index in [1.165, 1.54) is 0 Å². The lowest BCUT2D eigenvalue weighted by atomic mass is 10.0. The number of ether oxygens (including phenoxy) is 2. The molecule has 5 nitrogen and oxygen atoms in total. The lowest BCUT2D eigenvalue weighted by Crippen LogP contribution is -2.25. The number of benzene rings is 2. The van der Waals surface area contributed by atoms with Crippen LogP contribution in [0, 0.1) is 0 Å². The van der Waals surface area contributed by atoms with Crippen LogP contribution in [0.4, 0.5) is 0 Å². The molecule has 1 heterocycles. The summed E-state index contributed by atoms with van der Waals surface area (Å²) in [5.41, 5.74) is 1.90. The number of carbonyl (C=O) groups is 1. The van der Waals surface area contributed by atoms with E-state index in [0.29, 0.717) is 33.7 Å². The summed E-state index contributed by atoms with van der Waals surface area (Å²) < 4.78 is 11.7. The summed E-state index contributed by atoms with van der Waals surface area (Å²) >= 11 is 3.33. The molecule has 0 bridgehead atoms. The third-order valence-corrected chi connectivity index (χ3v) is 4.33. The zero-order valence-corrected chi connectivity index (χ0v) is 14.9. The Balaban J connectivity index is 1.86. The molecular formula is C18H16BrNO4. The van der Waals surface area contributed by atoms with E-state index in [9.17, 15) is 4.79 Å². The van der Waals surface area contributed by atoms with Crippen molar-refractivity contribution in [1.29, 1.82) is 0 Å². The van der Waals surface area contributed by atoms with Crippen LogP contribution >= 0.6 is 15.9 Å². The standard InChI is InChI=1S/C18H16BrNO4/c1-11-9-16(14-8-7-12(22-2)10-17(14)23-11)20-24-18(21)13-5-3-4-6-15(13)19/h3-8,10-11H,9H2,1-2H3. The third-order valence-electron chi connectivity index (χ3n) is 3.64. The van der Waals surface area contributed by atoms with Gasteiger partial charge < -0.3 is 14.3 Å². The van der Waals surface area contributed by atoms with E-state index < -0.39 is 5.97 Å². The monoisotopic (exact) mass is 389 g/mol. The minimum atomic E-state index is -0.510. The van der Waals surface area contributed by atoms with Gasteiger partial charge in [0, 0.05) is 22.5 Å². The fourth-order valence-corrected chi connectivity index (χ4v) is 2.91. The average molecular weight is 390 g/mol. The number of rotatable bonds is 3. The van der Waals surface area contributed by atoms with Crippen LogP contribution in [-0.4, -0.2) is 24.9 Å². The van der Waals surface area contributed by atoms with Gasteiger partial charge in [0.25, 0.3) is 0 Å². The SMILES string of the molecule is COc1ccc2c(c1)OC(C)CC2=NOC(=O)c1ccccc1Br. The van der Waals surface area contributed by atoms with Gasteiger partial charge in [0.05, 0.1) is 18.4 Å². The highest BCUT2D eigenvalue weighted by Crippen LogP contribution is 2.31. The van der Waals surface area contributed by atoms with Crippen molar-refractivity contribution in [2.45, 2.75) is 19.4 Å². The van der Waals surface area contributed by atoms with Crippen molar-refractivity contribution in [3.05, 3.63) is 58.1 Å². The Bertz CT molecular complexity index is 803. The lowest BCUT2D eigenvalue weighted by molar-refractivity contribution is 0.0512. The summed E-state index contributed by atoms with van der Waals surface area (Å²) in [4.78, 5) is 17.3. The lowest BCUT2D eigenvalue weighted by Gasteiger charge is -2.24. The number of oxime groups is 1. The summed E-state index contributed by atoms with van der Waals surface area (Å²) in [6.07, 6.45) is 0.494. The van der Waals surface area contributed by atoms with Crippen molar-refractivity contribution in [3.63, 3.8) is 0 Å². The van der Waals surface area contributed by atoms with E-state index in [0.717, 1.165) is 5.56 Å². The van der Waals surface area contributed by atoms with Crippen LogP contribution in [0.5, 0.6) is 11.5 Å². The number of methoxy groups -OCH3 is 1. The molecule has 2 aromatic carbocycles. The van der Waals surface area contributed by atoms with Crippen LogP contribution in [0.25, 0.3) is 0 Å². The second kappa shape index (κ2) is 7.05. The molecule has 2 aromatic rings. The summed E-state index contributed by atoms with van der Waals surface area (Å²) in [7, 11) is 1.60. The Morgan fingerprint density at radius 2 is 2.08 bits per heavy atom. The van der Waals surface area contributed by atoms with Crippen LogP contribution in [0.1, 0.15) is 29.3 Å². The number of hydrogen-bond acceptors (Lipinski definition) is 5. The molecule has 24 heavy (non-hydrogen) atoms. The fraction of sp³-hybridized carbons (Fsp3) is 0.222. The predicted octanol–water partition coefficient (Wildman–Crippen LogP) is 4.19. The van der Waals surface area contributed by atoms with Gasteiger partial charge in [-0.1, -0.05) is 17.3 Å². The predicted molar refractivity (Wildman–Crippen MR) is 93.8 cm³/mol. The van der Waals surface area contributed by atoms with Crippen molar-refractivity contribution in [3.8, 4) is 11.5 Å². The first-order chi connectivity index (χ1) is 11.6. The Kier molecular flexibility index (Phi) is 4.85. The van der Waals surface area contributed by atoms with E-state index in [1.807, 2.05) is 25.1 Å². The number of hydrogen-bond donors (Lipinski definition) is 0. The van der Waals surface area contributed by atoms with Gasteiger partial charge in [-0.15, -0.1) is 0 Å². The van der Waals surface area contributed by atoms with Gasteiger partial charge in [0.15, 0.2) is 0 Å². The Morgan fingerprint density at radius 3 is 2.83 bits per heavy atom. The van der Waals surface area contributed by atoms with Crippen molar-refractivity contribution in [2.75, 3.05) is 7.11 Å². The first-order valence-electron chi connectivity index (χ1n) is 7.46. The van der Waals surface area contributed by atoms with Gasteiger partial charge in [-0.3, -0.25) is 0 Å². The smallest absolute Gasteiger partial charge is 0.366 e. The first-order valence-corrected chi connectivity index (χ1v) is 8.25. The molecule has 1 unspecified atom stereocenters. The summed E-state index contributed by atoms with van der Waals surface area (Å²) in [6, 6.07) is 12.5. The van der Waals surface area contributed by atoms with Gasteiger partial charge >= 0.3 is 5.97 Å². The highest BCUT2D eigenvalue weighted by atomic mass is 79.9. The quantitative estimate of drug-likeness (QED) is 0.583. The molecule has 124 valence electrons. The highest BCUT2D eigenvalue weighted by Gasteiger charge is 2.24. The molecule has 0 aliphatic carbocycles. The molecule has 3 rings (SSSR count). The number of carbonyl (C=O) groups excluding carboxylic acids is 1. The van der Waals surface area contributed by atoms with Crippen LogP contribution in [0.2, 0.25) is 0 Å². The second-order valence-electron chi connectivity index (χ2n) is 5.39. The fourth-order valence-electron chi connectivity index (χ4n) is 2.47. The molecular weight excluding hydrogens is 374 g/mol. The van der Waals surface area contributed by atoms with Gasteiger partial charge in [-0.25, -0.2) is 4.79 Å². The zero-order valence-electron chi connectivity index (χ0n) is 13.3. The van der Waals surface area contributed by atoms with E-state index >= 15 is 0 Å². The van der Waals surface area contributed by atoms with Crippen LogP contribution in [0.15, 0.2) is 52.1 Å². The van der Waals surface area contributed by atoms with E-state index in [-0.39, 0.29) is 6.10 Å². The molecule has 1 atom stereocenters. The first kappa shape index (κ1) is 16.5. The van der Waals surface area contributed by atoms with E-state index in [1.54, 1.807) is 31.4 Å². The second-order valence-corrected chi connectivity index (χ2v) is 6.25. The Labute approximate surface area is 148 Å². The normalized spacial score (nSPS) is 17.8. The molecule has 1 aliphatic rings. The number of nitrogens with zero attached hydrogens (tertiary/aromatic N) is 1. The molecule has 0 saturated heterocycles. The molecule has 0 N–H and O–H groups in total. The molecule has 6 heteroatoms. The van der Waals surface area contributed by atoms with Crippen molar-refractivity contribution >= 4 is 27.6 Å². The van der Waals surface area contributed by atoms with E-state index in [4.69, 9.17) is 14.3 Å². The van der Waals surface area contributed by atoms with Gasteiger partial charge in [-0.05, 0) is 47.1 Å². The molecule has 0 aromatic heterocycles. The maximum absolute atomic E-state index is 12.2. The molecule has 0 amide bonds. The number of halogens is 1. The van der Waals surface area contributed by atoms with Crippen LogP contribution in [-0.2, 0) is 4.84 Å². The average Bonchev–Trinajstić information content (AvgIpc) is 2.59. The third kappa shape index (κ3) is 3.43. The molecule has 0 fully saturated rings. The summed E-state index contributed by atoms with van der Waals surface area (Å²) in [6.45, 7) is 1.94. The number of fused-ring (bicyclic) bond motifs is 1. The largest absolute Gasteiger partial charge is 0.497 e. The van der Waals surface area contributed by atoms with Crippen molar-refractivity contribution in [2.24, 2.45) is 5.16 Å².